The fourth-order valence-electron chi connectivity index (χ4n) is 2.74. The van der Waals surface area contributed by atoms with Gasteiger partial charge in [-0.1, -0.05) is 30.3 Å². The number of nitrogens with zero attached hydrogens (tertiary/aromatic N) is 3. The molecule has 118 valence electrons. The summed E-state index contributed by atoms with van der Waals surface area (Å²) in [6.45, 7) is 0.949. The van der Waals surface area contributed by atoms with Gasteiger partial charge in [0.2, 0.25) is 0 Å². The number of hydrogen-bond donors (Lipinski definition) is 1. The zero-order chi connectivity index (χ0) is 16.4. The average molecular weight is 313 g/mol. The van der Waals surface area contributed by atoms with Crippen molar-refractivity contribution in [2.24, 2.45) is 5.92 Å². The lowest BCUT2D eigenvalue weighted by molar-refractivity contribution is -0.384. The fourth-order valence-corrected chi connectivity index (χ4v) is 2.74. The van der Waals surface area contributed by atoms with Crippen molar-refractivity contribution < 1.29 is 14.8 Å². The third kappa shape index (κ3) is 2.98. The SMILES string of the molecule is O=C(O)C1CCN(c2ccc([N+](=O)[O-])c(-c3ccccc3)n2)C1. The molecule has 1 aromatic carbocycles. The lowest BCUT2D eigenvalue weighted by Crippen LogP contribution is -2.23. The van der Waals surface area contributed by atoms with Gasteiger partial charge in [0.25, 0.3) is 5.69 Å². The lowest BCUT2D eigenvalue weighted by atomic mass is 10.1. The summed E-state index contributed by atoms with van der Waals surface area (Å²) in [5.74, 6) is -0.678. The standard InChI is InChI=1S/C16H15N3O4/c20-16(21)12-8-9-18(10-12)14-7-6-13(19(22)23)15(17-14)11-4-2-1-3-5-11/h1-7,12H,8-10H2,(H,20,21). The smallest absolute Gasteiger partial charge is 0.308 e. The number of nitro groups is 1. The van der Waals surface area contributed by atoms with Gasteiger partial charge >= 0.3 is 5.97 Å². The van der Waals surface area contributed by atoms with E-state index in [0.717, 1.165) is 0 Å². The molecule has 1 N–H and O–H groups in total. The zero-order valence-electron chi connectivity index (χ0n) is 12.3. The molecule has 7 nitrogen and oxygen atoms in total. The molecule has 1 saturated heterocycles. The van der Waals surface area contributed by atoms with Crippen molar-refractivity contribution in [3.63, 3.8) is 0 Å². The normalized spacial score (nSPS) is 17.2. The Hall–Kier alpha value is -2.96. The monoisotopic (exact) mass is 313 g/mol. The highest BCUT2D eigenvalue weighted by molar-refractivity contribution is 5.73. The van der Waals surface area contributed by atoms with Gasteiger partial charge in [-0.3, -0.25) is 14.9 Å². The minimum absolute atomic E-state index is 0.0612. The third-order valence-corrected chi connectivity index (χ3v) is 3.96. The third-order valence-electron chi connectivity index (χ3n) is 3.96. The van der Waals surface area contributed by atoms with E-state index in [1.807, 2.05) is 11.0 Å². The molecular weight excluding hydrogens is 298 g/mol. The maximum absolute atomic E-state index is 11.2. The second kappa shape index (κ2) is 6.04. The Bertz CT molecular complexity index is 748. The van der Waals surface area contributed by atoms with Gasteiger partial charge in [0.1, 0.15) is 5.82 Å². The summed E-state index contributed by atoms with van der Waals surface area (Å²) in [4.78, 5) is 28.1. The van der Waals surface area contributed by atoms with Crippen LogP contribution >= 0.6 is 0 Å². The highest BCUT2D eigenvalue weighted by atomic mass is 16.6. The molecule has 23 heavy (non-hydrogen) atoms. The molecule has 0 saturated carbocycles. The van der Waals surface area contributed by atoms with Crippen LogP contribution < -0.4 is 4.90 Å². The zero-order valence-corrected chi connectivity index (χ0v) is 12.3. The number of benzene rings is 1. The van der Waals surface area contributed by atoms with Crippen LogP contribution in [0, 0.1) is 16.0 Å². The van der Waals surface area contributed by atoms with Gasteiger partial charge in [0.05, 0.1) is 10.8 Å². The summed E-state index contributed by atoms with van der Waals surface area (Å²) in [7, 11) is 0. The first-order chi connectivity index (χ1) is 11.1. The summed E-state index contributed by atoms with van der Waals surface area (Å²) in [6, 6.07) is 12.0. The number of carboxylic acids is 1. The van der Waals surface area contributed by atoms with Gasteiger partial charge in [-0.05, 0) is 12.5 Å². The van der Waals surface area contributed by atoms with E-state index in [2.05, 4.69) is 4.98 Å². The van der Waals surface area contributed by atoms with E-state index in [-0.39, 0.29) is 5.69 Å². The van der Waals surface area contributed by atoms with Gasteiger partial charge in [0, 0.05) is 24.7 Å². The summed E-state index contributed by atoms with van der Waals surface area (Å²) in [5, 5.41) is 20.3. The Morgan fingerprint density at radius 2 is 2.00 bits per heavy atom. The van der Waals surface area contributed by atoms with Crippen LogP contribution in [0.5, 0.6) is 0 Å². The van der Waals surface area contributed by atoms with Crippen LogP contribution in [0.2, 0.25) is 0 Å². The molecule has 0 bridgehead atoms. The first kappa shape index (κ1) is 15.0. The molecule has 7 heteroatoms. The predicted octanol–water partition coefficient (Wildman–Crippen LogP) is 2.57. The van der Waals surface area contributed by atoms with Crippen molar-refractivity contribution in [3.05, 3.63) is 52.6 Å². The average Bonchev–Trinajstić information content (AvgIpc) is 3.05. The molecule has 1 aromatic heterocycles. The maximum Gasteiger partial charge on any atom is 0.308 e. The summed E-state index contributed by atoms with van der Waals surface area (Å²) in [6.07, 6.45) is 0.550. The molecule has 0 amide bonds. The van der Waals surface area contributed by atoms with Crippen LogP contribution in [-0.4, -0.2) is 34.1 Å². The molecule has 1 atom stereocenters. The van der Waals surface area contributed by atoms with E-state index < -0.39 is 16.8 Å². The number of carboxylic acid groups (broad SMARTS) is 1. The quantitative estimate of drug-likeness (QED) is 0.688. The van der Waals surface area contributed by atoms with Crippen LogP contribution in [0.1, 0.15) is 6.42 Å². The summed E-state index contributed by atoms with van der Waals surface area (Å²) in [5.41, 5.74) is 0.899. The molecule has 0 aliphatic carbocycles. The molecule has 0 radical (unpaired) electrons. The number of hydrogen-bond acceptors (Lipinski definition) is 5. The van der Waals surface area contributed by atoms with Crippen LogP contribution in [0.4, 0.5) is 11.5 Å². The molecule has 3 rings (SSSR count). The number of aromatic nitrogens is 1. The highest BCUT2D eigenvalue weighted by Gasteiger charge is 2.29. The van der Waals surface area contributed by atoms with E-state index >= 15 is 0 Å². The molecule has 2 aromatic rings. The van der Waals surface area contributed by atoms with Gasteiger partial charge in [0.15, 0.2) is 5.69 Å². The van der Waals surface area contributed by atoms with E-state index in [0.29, 0.717) is 36.6 Å². The van der Waals surface area contributed by atoms with E-state index in [4.69, 9.17) is 5.11 Å². The Labute approximate surface area is 132 Å². The van der Waals surface area contributed by atoms with Gasteiger partial charge in [-0.15, -0.1) is 0 Å². The molecule has 1 aliphatic heterocycles. The highest BCUT2D eigenvalue weighted by Crippen LogP contribution is 2.31. The van der Waals surface area contributed by atoms with E-state index in [1.165, 1.54) is 6.07 Å². The molecule has 2 heterocycles. The van der Waals surface area contributed by atoms with Crippen molar-refractivity contribution in [3.8, 4) is 11.3 Å². The van der Waals surface area contributed by atoms with Crippen molar-refractivity contribution in [1.29, 1.82) is 0 Å². The summed E-state index contributed by atoms with van der Waals surface area (Å²) >= 11 is 0. The van der Waals surface area contributed by atoms with E-state index in [9.17, 15) is 14.9 Å². The van der Waals surface area contributed by atoms with Gasteiger partial charge in [-0.25, -0.2) is 4.98 Å². The number of anilines is 1. The first-order valence-electron chi connectivity index (χ1n) is 7.25. The minimum atomic E-state index is -0.822. The maximum atomic E-state index is 11.2. The van der Waals surface area contributed by atoms with Gasteiger partial charge < -0.3 is 10.0 Å². The summed E-state index contributed by atoms with van der Waals surface area (Å²) < 4.78 is 0. The lowest BCUT2D eigenvalue weighted by Gasteiger charge is -2.17. The second-order valence-electron chi connectivity index (χ2n) is 5.43. The second-order valence-corrected chi connectivity index (χ2v) is 5.43. The van der Waals surface area contributed by atoms with E-state index in [1.54, 1.807) is 30.3 Å². The first-order valence-corrected chi connectivity index (χ1v) is 7.25. The topological polar surface area (TPSA) is 96.6 Å². The van der Waals surface area contributed by atoms with Crippen LogP contribution in [-0.2, 0) is 4.79 Å². The number of pyridine rings is 1. The van der Waals surface area contributed by atoms with Crippen molar-refractivity contribution in [2.75, 3.05) is 18.0 Å². The number of rotatable bonds is 4. The molecule has 1 aliphatic rings. The fraction of sp³-hybridized carbons (Fsp3) is 0.250. The molecule has 1 fully saturated rings. The molecule has 0 spiro atoms. The van der Waals surface area contributed by atoms with Crippen molar-refractivity contribution in [1.82, 2.24) is 4.98 Å². The Kier molecular flexibility index (Phi) is 3.92. The largest absolute Gasteiger partial charge is 0.481 e. The van der Waals surface area contributed by atoms with Gasteiger partial charge in [-0.2, -0.15) is 0 Å². The molecule has 1 unspecified atom stereocenters. The van der Waals surface area contributed by atoms with Crippen molar-refractivity contribution in [2.45, 2.75) is 6.42 Å². The molecular formula is C16H15N3O4. The van der Waals surface area contributed by atoms with Crippen LogP contribution in [0.15, 0.2) is 42.5 Å². The Morgan fingerprint density at radius 3 is 2.61 bits per heavy atom. The van der Waals surface area contributed by atoms with Crippen LogP contribution in [0.3, 0.4) is 0 Å². The minimum Gasteiger partial charge on any atom is -0.481 e. The Morgan fingerprint density at radius 1 is 1.26 bits per heavy atom. The Balaban J connectivity index is 1.98. The number of carbonyl (C=O) groups is 1. The van der Waals surface area contributed by atoms with Crippen molar-refractivity contribution >= 4 is 17.5 Å². The predicted molar refractivity (Wildman–Crippen MR) is 84.3 cm³/mol. The van der Waals surface area contributed by atoms with Crippen LogP contribution in [0.25, 0.3) is 11.3 Å². The number of aliphatic carboxylic acids is 1.